The van der Waals surface area contributed by atoms with Crippen molar-refractivity contribution in [3.8, 4) is 11.5 Å². The highest BCUT2D eigenvalue weighted by Crippen LogP contribution is 2.34. The van der Waals surface area contributed by atoms with E-state index in [0.29, 0.717) is 32.7 Å². The van der Waals surface area contributed by atoms with E-state index >= 15 is 0 Å². The van der Waals surface area contributed by atoms with E-state index in [2.05, 4.69) is 6.07 Å². The first-order chi connectivity index (χ1) is 17.1. The smallest absolute Gasteiger partial charge is 0.230 e. The van der Waals surface area contributed by atoms with Crippen LogP contribution in [-0.4, -0.2) is 37.0 Å². The normalized spacial score (nSPS) is 14.9. The number of ether oxygens (including phenoxy) is 2. The van der Waals surface area contributed by atoms with Crippen LogP contribution in [0.1, 0.15) is 29.5 Å². The van der Waals surface area contributed by atoms with Gasteiger partial charge in [0.1, 0.15) is 18.1 Å². The van der Waals surface area contributed by atoms with E-state index in [1.54, 1.807) is 7.11 Å². The molecule has 1 aliphatic heterocycles. The fraction of sp³-hybridized carbons (Fsp3) is 0.310. The summed E-state index contributed by atoms with van der Waals surface area (Å²) in [5.41, 5.74) is 3.85. The molecular formula is C29H30N2O4. The highest BCUT2D eigenvalue weighted by atomic mass is 16.5. The molecule has 2 amide bonds. The van der Waals surface area contributed by atoms with E-state index in [4.69, 9.17) is 9.47 Å². The molecule has 3 aromatic carbocycles. The summed E-state index contributed by atoms with van der Waals surface area (Å²) in [6.45, 7) is 1.97. The molecule has 0 aromatic heterocycles. The predicted molar refractivity (Wildman–Crippen MR) is 134 cm³/mol. The molecule has 0 N–H and O–H groups in total. The summed E-state index contributed by atoms with van der Waals surface area (Å²) in [5, 5.41) is 0. The molecular weight excluding hydrogens is 440 g/mol. The van der Waals surface area contributed by atoms with Gasteiger partial charge >= 0.3 is 0 Å². The second-order valence-corrected chi connectivity index (χ2v) is 9.16. The Kier molecular flexibility index (Phi) is 6.70. The number of benzene rings is 3. The second-order valence-electron chi connectivity index (χ2n) is 9.16. The number of hydrogen-bond donors (Lipinski definition) is 0. The Labute approximate surface area is 206 Å². The number of nitrogens with zero attached hydrogens (tertiary/aromatic N) is 2. The molecule has 1 heterocycles. The number of carbonyl (C=O) groups excluding carboxylic acids is 2. The van der Waals surface area contributed by atoms with Crippen LogP contribution in [-0.2, 0) is 29.1 Å². The van der Waals surface area contributed by atoms with Gasteiger partial charge in [0.05, 0.1) is 26.6 Å². The molecule has 35 heavy (non-hydrogen) atoms. The zero-order chi connectivity index (χ0) is 24.2. The molecule has 2 aliphatic rings. The van der Waals surface area contributed by atoms with Crippen LogP contribution in [0.4, 0.5) is 5.69 Å². The van der Waals surface area contributed by atoms with Gasteiger partial charge in [-0.15, -0.1) is 0 Å². The van der Waals surface area contributed by atoms with Crippen molar-refractivity contribution in [3.05, 3.63) is 89.5 Å². The number of methoxy groups -OCH3 is 1. The Hall–Kier alpha value is -3.80. The van der Waals surface area contributed by atoms with Gasteiger partial charge in [-0.2, -0.15) is 0 Å². The molecule has 0 atom stereocenters. The molecule has 6 heteroatoms. The third kappa shape index (κ3) is 5.48. The molecule has 0 spiro atoms. The summed E-state index contributed by atoms with van der Waals surface area (Å²) in [5.74, 6) is 1.94. The van der Waals surface area contributed by atoms with E-state index in [1.165, 1.54) is 0 Å². The van der Waals surface area contributed by atoms with Crippen LogP contribution in [0.5, 0.6) is 11.5 Å². The fourth-order valence-corrected chi connectivity index (χ4v) is 4.43. The molecule has 1 fully saturated rings. The topological polar surface area (TPSA) is 59.1 Å². The Balaban J connectivity index is 1.32. The average Bonchev–Trinajstić information content (AvgIpc) is 3.75. The van der Waals surface area contributed by atoms with Crippen LogP contribution < -0.4 is 14.4 Å². The van der Waals surface area contributed by atoms with Gasteiger partial charge in [-0.3, -0.25) is 9.59 Å². The van der Waals surface area contributed by atoms with Gasteiger partial charge in [-0.1, -0.05) is 36.4 Å². The van der Waals surface area contributed by atoms with Gasteiger partial charge in [-0.25, -0.2) is 0 Å². The maximum Gasteiger partial charge on any atom is 0.230 e. The van der Waals surface area contributed by atoms with Crippen LogP contribution in [0.2, 0.25) is 0 Å². The number of rotatable bonds is 7. The average molecular weight is 471 g/mol. The third-order valence-electron chi connectivity index (χ3n) is 6.57. The number of anilines is 1. The molecule has 1 aliphatic carbocycles. The lowest BCUT2D eigenvalue weighted by Gasteiger charge is -2.24. The largest absolute Gasteiger partial charge is 0.497 e. The zero-order valence-electron chi connectivity index (χ0n) is 20.0. The number of carbonyl (C=O) groups is 2. The maximum absolute atomic E-state index is 13.1. The van der Waals surface area contributed by atoms with Crippen LogP contribution in [0.25, 0.3) is 0 Å². The molecule has 180 valence electrons. The van der Waals surface area contributed by atoms with Crippen LogP contribution in [0.15, 0.2) is 72.8 Å². The lowest BCUT2D eigenvalue weighted by atomic mass is 10.1. The van der Waals surface area contributed by atoms with Gasteiger partial charge in [-0.05, 0) is 60.4 Å². The summed E-state index contributed by atoms with van der Waals surface area (Å²) >= 11 is 0. The van der Waals surface area contributed by atoms with Crippen molar-refractivity contribution in [2.45, 2.75) is 32.4 Å². The van der Waals surface area contributed by atoms with E-state index in [1.807, 2.05) is 76.5 Å². The molecule has 1 saturated carbocycles. The first-order valence-electron chi connectivity index (χ1n) is 12.1. The van der Waals surface area contributed by atoms with Gasteiger partial charge in [0, 0.05) is 23.7 Å². The Morgan fingerprint density at radius 2 is 1.74 bits per heavy atom. The molecule has 0 saturated heterocycles. The number of fused-ring (bicyclic) bond motifs is 1. The zero-order valence-corrected chi connectivity index (χ0v) is 20.0. The number of hydrogen-bond acceptors (Lipinski definition) is 4. The Morgan fingerprint density at radius 1 is 1.00 bits per heavy atom. The van der Waals surface area contributed by atoms with Crippen molar-refractivity contribution in [3.63, 3.8) is 0 Å². The predicted octanol–water partition coefficient (Wildman–Crippen LogP) is 4.60. The first-order valence-corrected chi connectivity index (χ1v) is 12.1. The monoisotopic (exact) mass is 470 g/mol. The van der Waals surface area contributed by atoms with Gasteiger partial charge in [0.2, 0.25) is 11.8 Å². The first kappa shape index (κ1) is 23.0. The van der Waals surface area contributed by atoms with Crippen molar-refractivity contribution in [2.75, 3.05) is 25.2 Å². The van der Waals surface area contributed by atoms with Gasteiger partial charge in [0.15, 0.2) is 0 Å². The highest BCUT2D eigenvalue weighted by molar-refractivity contribution is 5.96. The lowest BCUT2D eigenvalue weighted by Crippen LogP contribution is -2.33. The van der Waals surface area contributed by atoms with E-state index in [-0.39, 0.29) is 17.7 Å². The SMILES string of the molecule is COc1ccc(CC(=O)N2CCOc3ccc(CN(C(=O)C4CC4)c4ccccc4)cc3C2)cc1. The van der Waals surface area contributed by atoms with Crippen molar-refractivity contribution < 1.29 is 19.1 Å². The standard InChI is InChI=1S/C29H30N2O4/c1-34-26-12-7-21(8-13-26)18-28(32)30-15-16-35-27-14-9-22(17-24(27)20-30)19-31(29(33)23-10-11-23)25-5-3-2-4-6-25/h2-9,12-14,17,23H,10-11,15-16,18-20H2,1H3. The van der Waals surface area contributed by atoms with Crippen molar-refractivity contribution in [2.24, 2.45) is 5.92 Å². The van der Waals surface area contributed by atoms with Crippen LogP contribution in [0, 0.1) is 5.92 Å². The van der Waals surface area contributed by atoms with Crippen LogP contribution >= 0.6 is 0 Å². The molecule has 6 nitrogen and oxygen atoms in total. The van der Waals surface area contributed by atoms with Crippen LogP contribution in [0.3, 0.4) is 0 Å². The summed E-state index contributed by atoms with van der Waals surface area (Å²) < 4.78 is 11.2. The fourth-order valence-electron chi connectivity index (χ4n) is 4.43. The van der Waals surface area contributed by atoms with Gasteiger partial charge in [0.25, 0.3) is 0 Å². The summed E-state index contributed by atoms with van der Waals surface area (Å²) in [6.07, 6.45) is 2.26. The van der Waals surface area contributed by atoms with E-state index in [0.717, 1.165) is 46.7 Å². The molecule has 5 rings (SSSR count). The number of para-hydroxylation sites is 1. The summed E-state index contributed by atoms with van der Waals surface area (Å²) in [7, 11) is 1.63. The summed E-state index contributed by atoms with van der Waals surface area (Å²) in [4.78, 5) is 29.9. The van der Waals surface area contributed by atoms with E-state index < -0.39 is 0 Å². The van der Waals surface area contributed by atoms with Crippen molar-refractivity contribution in [1.29, 1.82) is 0 Å². The second kappa shape index (κ2) is 10.2. The van der Waals surface area contributed by atoms with Gasteiger partial charge < -0.3 is 19.3 Å². The quantitative estimate of drug-likeness (QED) is 0.506. The molecule has 0 bridgehead atoms. The highest BCUT2D eigenvalue weighted by Gasteiger charge is 2.34. The maximum atomic E-state index is 13.1. The number of amides is 2. The lowest BCUT2D eigenvalue weighted by molar-refractivity contribution is -0.131. The third-order valence-corrected chi connectivity index (χ3v) is 6.57. The molecule has 3 aromatic rings. The Bertz CT molecular complexity index is 1190. The van der Waals surface area contributed by atoms with E-state index in [9.17, 15) is 9.59 Å². The van der Waals surface area contributed by atoms with Crippen molar-refractivity contribution >= 4 is 17.5 Å². The van der Waals surface area contributed by atoms with Crippen molar-refractivity contribution in [1.82, 2.24) is 4.90 Å². The Morgan fingerprint density at radius 3 is 2.46 bits per heavy atom. The molecule has 0 radical (unpaired) electrons. The minimum atomic E-state index is 0.0619. The molecule has 0 unspecified atom stereocenters. The minimum absolute atomic E-state index is 0.0619. The summed E-state index contributed by atoms with van der Waals surface area (Å²) in [6, 6.07) is 23.5. The minimum Gasteiger partial charge on any atom is -0.497 e.